The highest BCUT2D eigenvalue weighted by molar-refractivity contribution is 5.85. The van der Waals surface area contributed by atoms with Crippen LogP contribution in [0.25, 0.3) is 0 Å². The lowest BCUT2D eigenvalue weighted by Gasteiger charge is -2.04. The van der Waals surface area contributed by atoms with Crippen LogP contribution in [0.4, 0.5) is 0 Å². The zero-order valence-corrected chi connectivity index (χ0v) is 10.0. The maximum Gasteiger partial charge on any atom is 0.0614 e. The van der Waals surface area contributed by atoms with E-state index in [1.165, 1.54) is 24.8 Å². The van der Waals surface area contributed by atoms with Gasteiger partial charge in [-0.15, -0.1) is 0 Å². The lowest BCUT2D eigenvalue weighted by atomic mass is 10.0. The van der Waals surface area contributed by atoms with Crippen molar-refractivity contribution in [2.24, 2.45) is 5.16 Å². The minimum Gasteiger partial charge on any atom is -0.411 e. The van der Waals surface area contributed by atoms with Crippen molar-refractivity contribution in [1.29, 1.82) is 0 Å². The highest BCUT2D eigenvalue weighted by Crippen LogP contribution is 2.08. The van der Waals surface area contributed by atoms with E-state index in [0.29, 0.717) is 0 Å². The third-order valence-corrected chi connectivity index (χ3v) is 2.71. The molecule has 0 aliphatic heterocycles. The molecule has 1 aromatic rings. The summed E-state index contributed by atoms with van der Waals surface area (Å²) < 4.78 is 0. The van der Waals surface area contributed by atoms with Gasteiger partial charge in [-0.2, -0.15) is 0 Å². The van der Waals surface area contributed by atoms with Crippen molar-refractivity contribution in [2.75, 3.05) is 0 Å². The van der Waals surface area contributed by atoms with Crippen molar-refractivity contribution in [3.63, 3.8) is 0 Å². The molecule has 1 aromatic carbocycles. The van der Waals surface area contributed by atoms with Crippen LogP contribution in [0.1, 0.15) is 44.6 Å². The molecule has 0 saturated carbocycles. The molecule has 16 heavy (non-hydrogen) atoms. The van der Waals surface area contributed by atoms with Crippen LogP contribution in [0.5, 0.6) is 0 Å². The SMILES string of the molecule is CCCCCCC(Cc1ccccc1)=NO. The van der Waals surface area contributed by atoms with Gasteiger partial charge >= 0.3 is 0 Å². The highest BCUT2D eigenvalue weighted by atomic mass is 16.4. The van der Waals surface area contributed by atoms with Gasteiger partial charge in [-0.05, 0) is 18.4 Å². The Kier molecular flexibility index (Phi) is 6.31. The summed E-state index contributed by atoms with van der Waals surface area (Å²) in [5.74, 6) is 0. The topological polar surface area (TPSA) is 32.6 Å². The van der Waals surface area contributed by atoms with Gasteiger partial charge in [-0.1, -0.05) is 61.7 Å². The fourth-order valence-corrected chi connectivity index (χ4v) is 1.76. The zero-order chi connectivity index (χ0) is 11.6. The first kappa shape index (κ1) is 12.8. The van der Waals surface area contributed by atoms with Gasteiger partial charge in [0, 0.05) is 6.42 Å². The largest absolute Gasteiger partial charge is 0.411 e. The van der Waals surface area contributed by atoms with Crippen LogP contribution in [0.15, 0.2) is 35.5 Å². The van der Waals surface area contributed by atoms with Crippen molar-refractivity contribution in [3.05, 3.63) is 35.9 Å². The normalized spacial score (nSPS) is 11.7. The average Bonchev–Trinajstić information content (AvgIpc) is 2.34. The zero-order valence-electron chi connectivity index (χ0n) is 10.0. The molecule has 0 amide bonds. The molecule has 0 aromatic heterocycles. The van der Waals surface area contributed by atoms with Crippen molar-refractivity contribution in [2.45, 2.75) is 45.4 Å². The molecule has 0 heterocycles. The predicted molar refractivity (Wildman–Crippen MR) is 68.1 cm³/mol. The van der Waals surface area contributed by atoms with Gasteiger partial charge in [-0.3, -0.25) is 0 Å². The van der Waals surface area contributed by atoms with Crippen molar-refractivity contribution in [3.8, 4) is 0 Å². The fraction of sp³-hybridized carbons (Fsp3) is 0.500. The molecule has 0 aliphatic carbocycles. The monoisotopic (exact) mass is 219 g/mol. The maximum absolute atomic E-state index is 8.93. The summed E-state index contributed by atoms with van der Waals surface area (Å²) in [6.45, 7) is 2.20. The average molecular weight is 219 g/mol. The van der Waals surface area contributed by atoms with Crippen LogP contribution in [-0.4, -0.2) is 10.9 Å². The summed E-state index contributed by atoms with van der Waals surface area (Å²) in [5, 5.41) is 12.3. The van der Waals surface area contributed by atoms with Gasteiger partial charge in [0.25, 0.3) is 0 Å². The van der Waals surface area contributed by atoms with Crippen molar-refractivity contribution < 1.29 is 5.21 Å². The van der Waals surface area contributed by atoms with Crippen LogP contribution in [0.3, 0.4) is 0 Å². The molecule has 0 spiro atoms. The van der Waals surface area contributed by atoms with Crippen LogP contribution in [0, 0.1) is 0 Å². The van der Waals surface area contributed by atoms with Gasteiger partial charge in [0.1, 0.15) is 0 Å². The molecule has 0 unspecified atom stereocenters. The van der Waals surface area contributed by atoms with Crippen LogP contribution < -0.4 is 0 Å². The van der Waals surface area contributed by atoms with Gasteiger partial charge in [0.05, 0.1) is 5.71 Å². The smallest absolute Gasteiger partial charge is 0.0614 e. The van der Waals surface area contributed by atoms with E-state index in [2.05, 4.69) is 24.2 Å². The number of rotatable bonds is 7. The minimum atomic E-state index is 0.767. The second kappa shape index (κ2) is 7.91. The standard InChI is InChI=1S/C14H21NO/c1-2-3-4-8-11-14(15-16)12-13-9-6-5-7-10-13/h5-7,9-10,16H,2-4,8,11-12H2,1H3. The van der Waals surface area contributed by atoms with Gasteiger partial charge in [0.15, 0.2) is 0 Å². The maximum atomic E-state index is 8.93. The van der Waals surface area contributed by atoms with E-state index >= 15 is 0 Å². The van der Waals surface area contributed by atoms with Gasteiger partial charge < -0.3 is 5.21 Å². The summed E-state index contributed by atoms with van der Waals surface area (Å²) in [4.78, 5) is 0. The van der Waals surface area contributed by atoms with Crippen molar-refractivity contribution in [1.82, 2.24) is 0 Å². The van der Waals surface area contributed by atoms with E-state index in [4.69, 9.17) is 5.21 Å². The number of unbranched alkanes of at least 4 members (excludes halogenated alkanes) is 3. The Balaban J connectivity index is 2.33. The Labute approximate surface area is 98.0 Å². The van der Waals surface area contributed by atoms with Gasteiger partial charge in [-0.25, -0.2) is 0 Å². The lowest BCUT2D eigenvalue weighted by Crippen LogP contribution is -2.03. The van der Waals surface area contributed by atoms with Crippen LogP contribution in [-0.2, 0) is 6.42 Å². The van der Waals surface area contributed by atoms with E-state index in [9.17, 15) is 0 Å². The first-order chi connectivity index (χ1) is 7.86. The molecule has 2 heteroatoms. The molecule has 2 nitrogen and oxygen atoms in total. The summed E-state index contributed by atoms with van der Waals surface area (Å²) in [6.07, 6.45) is 6.54. The molecule has 88 valence electrons. The van der Waals surface area contributed by atoms with E-state index in [1.54, 1.807) is 0 Å². The summed E-state index contributed by atoms with van der Waals surface area (Å²) >= 11 is 0. The third-order valence-electron chi connectivity index (χ3n) is 2.71. The second-order valence-electron chi connectivity index (χ2n) is 4.14. The Bertz CT molecular complexity index is 306. The molecule has 0 saturated heterocycles. The Morgan fingerprint density at radius 2 is 1.88 bits per heavy atom. The Morgan fingerprint density at radius 3 is 2.50 bits per heavy atom. The Hall–Kier alpha value is -1.31. The number of oxime groups is 1. The van der Waals surface area contributed by atoms with Crippen LogP contribution in [0.2, 0.25) is 0 Å². The quantitative estimate of drug-likeness (QED) is 0.319. The summed E-state index contributed by atoms with van der Waals surface area (Å²) in [5.41, 5.74) is 2.10. The molecule has 1 N–H and O–H groups in total. The molecule has 1 rings (SSSR count). The van der Waals surface area contributed by atoms with Crippen molar-refractivity contribution >= 4 is 5.71 Å². The molecule has 0 radical (unpaired) electrons. The summed E-state index contributed by atoms with van der Waals surface area (Å²) in [7, 11) is 0. The van der Waals surface area contributed by atoms with E-state index < -0.39 is 0 Å². The molecule has 0 atom stereocenters. The third kappa shape index (κ3) is 4.96. The molecule has 0 fully saturated rings. The second-order valence-corrected chi connectivity index (χ2v) is 4.14. The molecular formula is C14H21NO. The van der Waals surface area contributed by atoms with E-state index in [-0.39, 0.29) is 0 Å². The number of benzene rings is 1. The number of hydrogen-bond donors (Lipinski definition) is 1. The molecule has 0 aliphatic rings. The van der Waals surface area contributed by atoms with Crippen LogP contribution >= 0.6 is 0 Å². The predicted octanol–water partition coefficient (Wildman–Crippen LogP) is 4.03. The number of nitrogens with zero attached hydrogens (tertiary/aromatic N) is 1. The summed E-state index contributed by atoms with van der Waals surface area (Å²) in [6, 6.07) is 10.2. The first-order valence-electron chi connectivity index (χ1n) is 6.10. The fourth-order valence-electron chi connectivity index (χ4n) is 1.76. The Morgan fingerprint density at radius 1 is 1.12 bits per heavy atom. The highest BCUT2D eigenvalue weighted by Gasteiger charge is 2.02. The molecular weight excluding hydrogens is 198 g/mol. The first-order valence-corrected chi connectivity index (χ1v) is 6.10. The number of hydrogen-bond acceptors (Lipinski definition) is 2. The van der Waals surface area contributed by atoms with E-state index in [1.807, 2.05) is 18.2 Å². The molecule has 0 bridgehead atoms. The lowest BCUT2D eigenvalue weighted by molar-refractivity contribution is 0.316. The van der Waals surface area contributed by atoms with E-state index in [0.717, 1.165) is 25.0 Å². The van der Waals surface area contributed by atoms with Gasteiger partial charge in [0.2, 0.25) is 0 Å². The minimum absolute atomic E-state index is 0.767.